The van der Waals surface area contributed by atoms with E-state index in [2.05, 4.69) is 27.7 Å². The summed E-state index contributed by atoms with van der Waals surface area (Å²) < 4.78 is 0. The van der Waals surface area contributed by atoms with Crippen LogP contribution in [0.5, 0.6) is 0 Å². The summed E-state index contributed by atoms with van der Waals surface area (Å²) in [5.41, 5.74) is 0. The van der Waals surface area contributed by atoms with Crippen LogP contribution < -0.4 is 0 Å². The molecule has 100 valence electrons. The van der Waals surface area contributed by atoms with Crippen LogP contribution in [0.25, 0.3) is 0 Å². The molecule has 0 heterocycles. The molecule has 0 rings (SSSR count). The predicted molar refractivity (Wildman–Crippen MR) is 78.0 cm³/mol. The first kappa shape index (κ1) is 18.4. The number of hydrogen-bond donors (Lipinski definition) is 0. The van der Waals surface area contributed by atoms with E-state index in [1.807, 2.05) is 13.8 Å². The first-order chi connectivity index (χ1) is 7.63. The Labute approximate surface area is 105 Å². The lowest BCUT2D eigenvalue weighted by Crippen LogP contribution is -1.89. The molecule has 0 saturated heterocycles. The van der Waals surface area contributed by atoms with Gasteiger partial charge in [-0.3, -0.25) is 0 Å². The van der Waals surface area contributed by atoms with Crippen LogP contribution in [-0.4, -0.2) is 0 Å². The Morgan fingerprint density at radius 1 is 0.500 bits per heavy atom. The molecule has 0 atom stereocenters. The van der Waals surface area contributed by atoms with Crippen molar-refractivity contribution in [3.8, 4) is 0 Å². The van der Waals surface area contributed by atoms with Crippen molar-refractivity contribution in [1.29, 1.82) is 0 Å². The Morgan fingerprint density at radius 3 is 1.00 bits per heavy atom. The van der Waals surface area contributed by atoms with Gasteiger partial charge in [0, 0.05) is 0 Å². The van der Waals surface area contributed by atoms with Crippen molar-refractivity contribution >= 4 is 0 Å². The number of hydrogen-bond acceptors (Lipinski definition) is 0. The van der Waals surface area contributed by atoms with Crippen molar-refractivity contribution in [1.82, 2.24) is 0 Å². The van der Waals surface area contributed by atoms with Crippen LogP contribution in [0.1, 0.15) is 92.9 Å². The van der Waals surface area contributed by atoms with Gasteiger partial charge in [-0.25, -0.2) is 0 Å². The van der Waals surface area contributed by atoms with Crippen LogP contribution in [0.2, 0.25) is 0 Å². The molecule has 0 aromatic carbocycles. The maximum Gasteiger partial charge on any atom is -0.0471 e. The van der Waals surface area contributed by atoms with Crippen molar-refractivity contribution < 1.29 is 0 Å². The highest BCUT2D eigenvalue weighted by Crippen LogP contribution is 2.13. The average Bonchev–Trinajstić information content (AvgIpc) is 2.24. The van der Waals surface area contributed by atoms with E-state index in [0.717, 1.165) is 11.8 Å². The van der Waals surface area contributed by atoms with E-state index in [1.54, 1.807) is 0 Å². The van der Waals surface area contributed by atoms with Gasteiger partial charge in [0.25, 0.3) is 0 Å². The normalized spacial score (nSPS) is 10.5. The van der Waals surface area contributed by atoms with E-state index in [9.17, 15) is 0 Å². The zero-order valence-electron chi connectivity index (χ0n) is 12.8. The second kappa shape index (κ2) is 15.0. The molecule has 0 aromatic rings. The summed E-state index contributed by atoms with van der Waals surface area (Å²) in [7, 11) is 0. The molecule has 0 aliphatic carbocycles. The van der Waals surface area contributed by atoms with Crippen LogP contribution in [-0.2, 0) is 0 Å². The van der Waals surface area contributed by atoms with Gasteiger partial charge in [0.15, 0.2) is 0 Å². The van der Waals surface area contributed by atoms with Gasteiger partial charge in [-0.2, -0.15) is 0 Å². The highest BCUT2D eigenvalue weighted by Gasteiger charge is 1.96. The molecular weight excluding hydrogens is 192 g/mol. The molecule has 0 bridgehead atoms. The molecule has 0 unspecified atom stereocenters. The molecule has 0 aliphatic heterocycles. The Kier molecular flexibility index (Phi) is 17.2. The molecule has 0 saturated carbocycles. The van der Waals surface area contributed by atoms with Gasteiger partial charge in [-0.1, -0.05) is 92.9 Å². The number of rotatable bonds is 9. The molecule has 0 aliphatic rings. The quantitative estimate of drug-likeness (QED) is 0.398. The third-order valence-electron chi connectivity index (χ3n) is 2.81. The molecule has 0 N–H and O–H groups in total. The Morgan fingerprint density at radius 2 is 0.750 bits per heavy atom. The standard InChI is InChI=1S/C14H30.C2H6/c1-13(2)11-9-7-5-6-8-10-12-14(3)4;1-2/h13-14H,5-12H2,1-4H3;1-2H3. The fourth-order valence-electron chi connectivity index (χ4n) is 1.81. The van der Waals surface area contributed by atoms with Crippen LogP contribution in [0.4, 0.5) is 0 Å². The Bertz CT molecular complexity index is 88.6. The van der Waals surface area contributed by atoms with Crippen molar-refractivity contribution in [2.45, 2.75) is 92.9 Å². The summed E-state index contributed by atoms with van der Waals surface area (Å²) in [5, 5.41) is 0. The molecule has 0 aromatic heterocycles. The zero-order valence-corrected chi connectivity index (χ0v) is 12.8. The molecule has 0 amide bonds. The second-order valence-corrected chi connectivity index (χ2v) is 5.49. The van der Waals surface area contributed by atoms with Gasteiger partial charge in [0.05, 0.1) is 0 Å². The van der Waals surface area contributed by atoms with E-state index >= 15 is 0 Å². The van der Waals surface area contributed by atoms with Crippen molar-refractivity contribution in [3.63, 3.8) is 0 Å². The summed E-state index contributed by atoms with van der Waals surface area (Å²) in [6.07, 6.45) is 11.6. The second-order valence-electron chi connectivity index (χ2n) is 5.49. The van der Waals surface area contributed by atoms with Gasteiger partial charge in [-0.15, -0.1) is 0 Å². The maximum absolute atomic E-state index is 2.32. The van der Waals surface area contributed by atoms with E-state index in [1.165, 1.54) is 51.4 Å². The molecule has 0 heteroatoms. The van der Waals surface area contributed by atoms with Crippen LogP contribution in [0, 0.1) is 11.8 Å². The van der Waals surface area contributed by atoms with Crippen molar-refractivity contribution in [3.05, 3.63) is 0 Å². The summed E-state index contributed by atoms with van der Waals surface area (Å²) in [6, 6.07) is 0. The minimum Gasteiger partial charge on any atom is -0.0683 e. The van der Waals surface area contributed by atoms with Gasteiger partial charge in [-0.05, 0) is 11.8 Å². The van der Waals surface area contributed by atoms with Gasteiger partial charge < -0.3 is 0 Å². The van der Waals surface area contributed by atoms with E-state index < -0.39 is 0 Å². The molecular formula is C16H36. The van der Waals surface area contributed by atoms with Crippen LogP contribution >= 0.6 is 0 Å². The third kappa shape index (κ3) is 19.6. The lowest BCUT2D eigenvalue weighted by Gasteiger charge is -2.05. The minimum absolute atomic E-state index is 0.899. The summed E-state index contributed by atoms with van der Waals surface area (Å²) >= 11 is 0. The fraction of sp³-hybridized carbons (Fsp3) is 1.00. The van der Waals surface area contributed by atoms with Gasteiger partial charge in [0.1, 0.15) is 0 Å². The van der Waals surface area contributed by atoms with E-state index in [4.69, 9.17) is 0 Å². The van der Waals surface area contributed by atoms with Crippen LogP contribution in [0.3, 0.4) is 0 Å². The van der Waals surface area contributed by atoms with Crippen molar-refractivity contribution in [2.75, 3.05) is 0 Å². The fourth-order valence-corrected chi connectivity index (χ4v) is 1.81. The first-order valence-corrected chi connectivity index (χ1v) is 7.63. The van der Waals surface area contributed by atoms with Gasteiger partial charge >= 0.3 is 0 Å². The smallest absolute Gasteiger partial charge is 0.0471 e. The topological polar surface area (TPSA) is 0 Å². The lowest BCUT2D eigenvalue weighted by molar-refractivity contribution is 0.490. The monoisotopic (exact) mass is 228 g/mol. The molecule has 0 radical (unpaired) electrons. The summed E-state index contributed by atoms with van der Waals surface area (Å²) in [5.74, 6) is 1.80. The van der Waals surface area contributed by atoms with E-state index in [0.29, 0.717) is 0 Å². The largest absolute Gasteiger partial charge is 0.0683 e. The zero-order chi connectivity index (χ0) is 12.8. The van der Waals surface area contributed by atoms with Gasteiger partial charge in [0.2, 0.25) is 0 Å². The Hall–Kier alpha value is 0. The number of unbranched alkanes of at least 4 members (excludes halogenated alkanes) is 5. The molecule has 0 nitrogen and oxygen atoms in total. The van der Waals surface area contributed by atoms with Crippen LogP contribution in [0.15, 0.2) is 0 Å². The average molecular weight is 228 g/mol. The summed E-state index contributed by atoms with van der Waals surface area (Å²) in [6.45, 7) is 13.3. The molecule has 0 fully saturated rings. The maximum atomic E-state index is 2.32. The highest BCUT2D eigenvalue weighted by atomic mass is 14.0. The first-order valence-electron chi connectivity index (χ1n) is 7.63. The summed E-state index contributed by atoms with van der Waals surface area (Å²) in [4.78, 5) is 0. The van der Waals surface area contributed by atoms with E-state index in [-0.39, 0.29) is 0 Å². The SMILES string of the molecule is CC.CC(C)CCCCCCCCC(C)C. The third-order valence-corrected chi connectivity index (χ3v) is 2.81. The molecule has 16 heavy (non-hydrogen) atoms. The predicted octanol–water partition coefficient (Wildman–Crippen LogP) is 6.45. The lowest BCUT2D eigenvalue weighted by atomic mass is 10.0. The Balaban J connectivity index is 0. The van der Waals surface area contributed by atoms with Crippen molar-refractivity contribution in [2.24, 2.45) is 11.8 Å². The highest BCUT2D eigenvalue weighted by molar-refractivity contribution is 4.50. The molecule has 0 spiro atoms. The minimum atomic E-state index is 0.899.